The molecule has 0 bridgehead atoms. The van der Waals surface area contributed by atoms with E-state index in [-0.39, 0.29) is 11.5 Å². The summed E-state index contributed by atoms with van der Waals surface area (Å²) in [4.78, 5) is 12.2. The normalized spacial score (nSPS) is 10.3. The maximum Gasteiger partial charge on any atom is 0.258 e. The SMILES string of the molecule is Cc1cc(NC(=O)c2c(Cl)cccc2Cl)ccc1Br. The zero-order valence-corrected chi connectivity index (χ0v) is 13.1. The van der Waals surface area contributed by atoms with Gasteiger partial charge >= 0.3 is 0 Å². The molecule has 0 heterocycles. The van der Waals surface area contributed by atoms with Crippen molar-refractivity contribution in [1.82, 2.24) is 0 Å². The number of rotatable bonds is 2. The highest BCUT2D eigenvalue weighted by atomic mass is 79.9. The Morgan fingerprint density at radius 1 is 1.16 bits per heavy atom. The summed E-state index contributed by atoms with van der Waals surface area (Å²) in [5.41, 5.74) is 2.01. The summed E-state index contributed by atoms with van der Waals surface area (Å²) in [7, 11) is 0. The summed E-state index contributed by atoms with van der Waals surface area (Å²) in [6, 6.07) is 10.5. The first-order valence-electron chi connectivity index (χ1n) is 5.50. The van der Waals surface area contributed by atoms with Gasteiger partial charge in [0.2, 0.25) is 0 Å². The van der Waals surface area contributed by atoms with Crippen LogP contribution in [-0.2, 0) is 0 Å². The van der Waals surface area contributed by atoms with Gasteiger partial charge in [0, 0.05) is 10.2 Å². The van der Waals surface area contributed by atoms with Crippen LogP contribution in [0.2, 0.25) is 10.0 Å². The molecule has 0 aromatic heterocycles. The summed E-state index contributed by atoms with van der Waals surface area (Å²) in [6.07, 6.45) is 0. The summed E-state index contributed by atoms with van der Waals surface area (Å²) in [5.74, 6) is -0.322. The average Bonchev–Trinajstić information content (AvgIpc) is 2.33. The minimum Gasteiger partial charge on any atom is -0.322 e. The third-order valence-electron chi connectivity index (χ3n) is 2.61. The molecular weight excluding hydrogens is 349 g/mol. The molecule has 2 aromatic carbocycles. The Bertz CT molecular complexity index is 623. The molecule has 1 N–H and O–H groups in total. The lowest BCUT2D eigenvalue weighted by atomic mass is 10.2. The van der Waals surface area contributed by atoms with Gasteiger partial charge in [-0.3, -0.25) is 4.79 Å². The molecular formula is C14H10BrCl2NO. The molecule has 0 saturated heterocycles. The molecule has 98 valence electrons. The van der Waals surface area contributed by atoms with Crippen molar-refractivity contribution in [3.8, 4) is 0 Å². The van der Waals surface area contributed by atoms with E-state index in [0.717, 1.165) is 10.0 Å². The lowest BCUT2D eigenvalue weighted by Gasteiger charge is -2.09. The standard InChI is InChI=1S/C14H10BrCl2NO/c1-8-7-9(5-6-10(8)15)18-14(19)13-11(16)3-2-4-12(13)17/h2-7H,1H3,(H,18,19). The van der Waals surface area contributed by atoms with Crippen LogP contribution in [0.25, 0.3) is 0 Å². The fourth-order valence-corrected chi connectivity index (χ4v) is 2.45. The quantitative estimate of drug-likeness (QED) is 0.773. The van der Waals surface area contributed by atoms with Gasteiger partial charge in [0.25, 0.3) is 5.91 Å². The first kappa shape index (κ1) is 14.4. The molecule has 2 nitrogen and oxygen atoms in total. The fourth-order valence-electron chi connectivity index (χ4n) is 1.63. The van der Waals surface area contributed by atoms with Crippen molar-refractivity contribution in [1.29, 1.82) is 0 Å². The van der Waals surface area contributed by atoms with E-state index < -0.39 is 0 Å². The molecule has 0 aliphatic rings. The van der Waals surface area contributed by atoms with Crippen LogP contribution in [0, 0.1) is 6.92 Å². The number of nitrogens with one attached hydrogen (secondary N) is 1. The Morgan fingerprint density at radius 2 is 1.79 bits per heavy atom. The van der Waals surface area contributed by atoms with Crippen molar-refractivity contribution >= 4 is 50.7 Å². The zero-order valence-electron chi connectivity index (χ0n) is 10.0. The van der Waals surface area contributed by atoms with E-state index in [1.165, 1.54) is 0 Å². The first-order valence-corrected chi connectivity index (χ1v) is 7.05. The molecule has 0 fully saturated rings. The molecule has 0 aliphatic heterocycles. The minimum absolute atomic E-state index is 0.284. The monoisotopic (exact) mass is 357 g/mol. The third-order valence-corrected chi connectivity index (χ3v) is 4.13. The Hall–Kier alpha value is -1.03. The molecule has 0 aliphatic carbocycles. The topological polar surface area (TPSA) is 29.1 Å². The molecule has 19 heavy (non-hydrogen) atoms. The molecule has 2 aromatic rings. The maximum absolute atomic E-state index is 12.2. The van der Waals surface area contributed by atoms with Crippen LogP contribution in [0.1, 0.15) is 15.9 Å². The van der Waals surface area contributed by atoms with E-state index in [9.17, 15) is 4.79 Å². The largest absolute Gasteiger partial charge is 0.322 e. The van der Waals surface area contributed by atoms with Gasteiger partial charge < -0.3 is 5.32 Å². The summed E-state index contributed by atoms with van der Waals surface area (Å²) < 4.78 is 0.987. The number of hydrogen-bond donors (Lipinski definition) is 1. The molecule has 0 radical (unpaired) electrons. The van der Waals surface area contributed by atoms with E-state index in [4.69, 9.17) is 23.2 Å². The molecule has 0 saturated carbocycles. The molecule has 0 spiro atoms. The second kappa shape index (κ2) is 5.95. The van der Waals surface area contributed by atoms with Gasteiger partial charge in [-0.1, -0.05) is 45.2 Å². The predicted molar refractivity (Wildman–Crippen MR) is 83.3 cm³/mol. The number of benzene rings is 2. The average molecular weight is 359 g/mol. The Morgan fingerprint density at radius 3 is 2.37 bits per heavy atom. The van der Waals surface area contributed by atoms with Gasteiger partial charge in [-0.2, -0.15) is 0 Å². The summed E-state index contributed by atoms with van der Waals surface area (Å²) >= 11 is 15.4. The molecule has 5 heteroatoms. The van der Waals surface area contributed by atoms with Gasteiger partial charge in [0.05, 0.1) is 15.6 Å². The van der Waals surface area contributed by atoms with E-state index in [2.05, 4.69) is 21.2 Å². The number of hydrogen-bond acceptors (Lipinski definition) is 1. The van der Waals surface area contributed by atoms with Crippen LogP contribution in [-0.4, -0.2) is 5.91 Å². The molecule has 2 rings (SSSR count). The van der Waals surface area contributed by atoms with Gasteiger partial charge in [0.15, 0.2) is 0 Å². The Balaban J connectivity index is 2.28. The summed E-state index contributed by atoms with van der Waals surface area (Å²) in [6.45, 7) is 1.95. The van der Waals surface area contributed by atoms with Crippen LogP contribution < -0.4 is 5.32 Å². The smallest absolute Gasteiger partial charge is 0.258 e. The number of aryl methyl sites for hydroxylation is 1. The van der Waals surface area contributed by atoms with Crippen LogP contribution in [0.5, 0.6) is 0 Å². The van der Waals surface area contributed by atoms with Crippen molar-refractivity contribution in [2.45, 2.75) is 6.92 Å². The highest BCUT2D eigenvalue weighted by molar-refractivity contribution is 9.10. The first-order chi connectivity index (χ1) is 8.99. The Kier molecular flexibility index (Phi) is 4.50. The third kappa shape index (κ3) is 3.30. The lowest BCUT2D eigenvalue weighted by molar-refractivity contribution is 0.102. The van der Waals surface area contributed by atoms with Gasteiger partial charge in [0.1, 0.15) is 0 Å². The minimum atomic E-state index is -0.322. The van der Waals surface area contributed by atoms with Crippen molar-refractivity contribution in [2.24, 2.45) is 0 Å². The van der Waals surface area contributed by atoms with Crippen molar-refractivity contribution < 1.29 is 4.79 Å². The Labute approximate surface area is 129 Å². The number of halogens is 3. The number of anilines is 1. The van der Waals surface area contributed by atoms with Crippen LogP contribution in [0.4, 0.5) is 5.69 Å². The lowest BCUT2D eigenvalue weighted by Crippen LogP contribution is -2.13. The zero-order chi connectivity index (χ0) is 14.0. The van der Waals surface area contributed by atoms with Crippen molar-refractivity contribution in [3.05, 3.63) is 62.0 Å². The second-order valence-corrected chi connectivity index (χ2v) is 5.68. The molecule has 0 unspecified atom stereocenters. The second-order valence-electron chi connectivity index (χ2n) is 4.01. The van der Waals surface area contributed by atoms with Crippen LogP contribution in [0.3, 0.4) is 0 Å². The van der Waals surface area contributed by atoms with Gasteiger partial charge in [-0.15, -0.1) is 0 Å². The molecule has 0 atom stereocenters. The highest BCUT2D eigenvalue weighted by Crippen LogP contribution is 2.26. The van der Waals surface area contributed by atoms with E-state index >= 15 is 0 Å². The van der Waals surface area contributed by atoms with Crippen LogP contribution >= 0.6 is 39.1 Å². The maximum atomic E-state index is 12.2. The number of carbonyl (C=O) groups is 1. The molecule has 1 amide bonds. The predicted octanol–water partition coefficient (Wildman–Crippen LogP) is 5.32. The van der Waals surface area contributed by atoms with E-state index in [1.807, 2.05) is 19.1 Å². The van der Waals surface area contributed by atoms with Crippen molar-refractivity contribution in [2.75, 3.05) is 5.32 Å². The highest BCUT2D eigenvalue weighted by Gasteiger charge is 2.14. The van der Waals surface area contributed by atoms with Gasteiger partial charge in [-0.25, -0.2) is 0 Å². The van der Waals surface area contributed by atoms with E-state index in [1.54, 1.807) is 24.3 Å². The number of amides is 1. The number of carbonyl (C=O) groups excluding carboxylic acids is 1. The summed E-state index contributed by atoms with van der Waals surface area (Å²) in [5, 5.41) is 3.44. The van der Waals surface area contributed by atoms with Crippen LogP contribution in [0.15, 0.2) is 40.9 Å². The van der Waals surface area contributed by atoms with Gasteiger partial charge in [-0.05, 0) is 42.8 Å². The van der Waals surface area contributed by atoms with E-state index in [0.29, 0.717) is 15.7 Å². The van der Waals surface area contributed by atoms with Crippen molar-refractivity contribution in [3.63, 3.8) is 0 Å². The fraction of sp³-hybridized carbons (Fsp3) is 0.0714.